The number of hydrogen-bond donors (Lipinski definition) is 0. The van der Waals surface area contributed by atoms with Crippen molar-refractivity contribution < 1.29 is 4.39 Å². The quantitative estimate of drug-likeness (QED) is 0.393. The van der Waals surface area contributed by atoms with Crippen molar-refractivity contribution >= 4 is 11.6 Å². The Bertz CT molecular complexity index is 174. The summed E-state index contributed by atoms with van der Waals surface area (Å²) in [6.45, 7) is 0. The standard InChI is InChI=1S/C4H2ClFN2/c5-3-1-2-7-4(6)8-3/h1-2H. The second-order valence-electron chi connectivity index (χ2n) is 1.15. The Labute approximate surface area is 50.3 Å². The lowest BCUT2D eigenvalue weighted by Gasteiger charge is -1.83. The van der Waals surface area contributed by atoms with Crippen molar-refractivity contribution in [2.45, 2.75) is 0 Å². The first-order chi connectivity index (χ1) is 3.79. The van der Waals surface area contributed by atoms with Crippen molar-refractivity contribution in [2.24, 2.45) is 0 Å². The molecule has 0 aliphatic carbocycles. The fourth-order valence-corrected chi connectivity index (χ4v) is 0.441. The van der Waals surface area contributed by atoms with Crippen LogP contribution in [0.15, 0.2) is 12.3 Å². The zero-order valence-electron chi connectivity index (χ0n) is 3.81. The Morgan fingerprint density at radius 2 is 2.38 bits per heavy atom. The summed E-state index contributed by atoms with van der Waals surface area (Å²) in [5, 5.41) is 0.123. The van der Waals surface area contributed by atoms with E-state index in [1.165, 1.54) is 12.3 Å². The Morgan fingerprint density at radius 3 is 2.75 bits per heavy atom. The van der Waals surface area contributed by atoms with E-state index in [2.05, 4.69) is 9.97 Å². The molecule has 8 heavy (non-hydrogen) atoms. The van der Waals surface area contributed by atoms with E-state index >= 15 is 0 Å². The van der Waals surface area contributed by atoms with Crippen LogP contribution in [0.25, 0.3) is 0 Å². The highest BCUT2D eigenvalue weighted by atomic mass is 35.5. The molecule has 0 saturated heterocycles. The summed E-state index contributed by atoms with van der Waals surface area (Å²) in [7, 11) is 0. The zero-order valence-corrected chi connectivity index (χ0v) is 4.56. The largest absolute Gasteiger partial charge is 0.309 e. The number of hydrogen-bond acceptors (Lipinski definition) is 2. The van der Waals surface area contributed by atoms with E-state index < -0.39 is 6.08 Å². The van der Waals surface area contributed by atoms with Crippen LogP contribution in [0.5, 0.6) is 0 Å². The molecule has 1 rings (SSSR count). The van der Waals surface area contributed by atoms with Crippen LogP contribution in [0.4, 0.5) is 4.39 Å². The average molecular weight is 133 g/mol. The normalized spacial score (nSPS) is 9.25. The summed E-state index contributed by atoms with van der Waals surface area (Å²) < 4.78 is 11.9. The average Bonchev–Trinajstić information content (AvgIpc) is 1.64. The van der Waals surface area contributed by atoms with Gasteiger partial charge in [0.25, 0.3) is 0 Å². The molecule has 0 spiro atoms. The topological polar surface area (TPSA) is 25.8 Å². The van der Waals surface area contributed by atoms with E-state index in [4.69, 9.17) is 11.6 Å². The van der Waals surface area contributed by atoms with Gasteiger partial charge in [-0.05, 0) is 6.07 Å². The van der Waals surface area contributed by atoms with E-state index in [1.54, 1.807) is 0 Å². The Hall–Kier alpha value is -0.700. The molecule has 0 aromatic carbocycles. The van der Waals surface area contributed by atoms with Gasteiger partial charge in [-0.2, -0.15) is 9.37 Å². The molecule has 2 nitrogen and oxygen atoms in total. The minimum absolute atomic E-state index is 0.123. The van der Waals surface area contributed by atoms with E-state index in [9.17, 15) is 4.39 Å². The maximum atomic E-state index is 11.9. The summed E-state index contributed by atoms with van der Waals surface area (Å²) in [5.41, 5.74) is 0. The molecule has 0 fully saturated rings. The van der Waals surface area contributed by atoms with E-state index in [-0.39, 0.29) is 5.15 Å². The van der Waals surface area contributed by atoms with Gasteiger partial charge in [0.05, 0.1) is 0 Å². The lowest BCUT2D eigenvalue weighted by molar-refractivity contribution is 0.539. The van der Waals surface area contributed by atoms with Crippen LogP contribution in [-0.4, -0.2) is 9.97 Å². The van der Waals surface area contributed by atoms with Gasteiger partial charge in [-0.15, -0.1) is 0 Å². The molecule has 0 N–H and O–H groups in total. The van der Waals surface area contributed by atoms with Gasteiger partial charge in [0.2, 0.25) is 0 Å². The summed E-state index contributed by atoms with van der Waals surface area (Å²) in [6.07, 6.45) is 0.461. The monoisotopic (exact) mass is 132 g/mol. The van der Waals surface area contributed by atoms with Crippen molar-refractivity contribution in [1.82, 2.24) is 9.97 Å². The van der Waals surface area contributed by atoms with Crippen LogP contribution in [-0.2, 0) is 0 Å². The smallest absolute Gasteiger partial charge is 0.211 e. The molecule has 0 aliphatic heterocycles. The van der Waals surface area contributed by atoms with Crippen molar-refractivity contribution in [1.29, 1.82) is 0 Å². The minimum atomic E-state index is -0.794. The Balaban J connectivity index is 3.08. The van der Waals surface area contributed by atoms with Crippen LogP contribution in [0.3, 0.4) is 0 Å². The number of aromatic nitrogens is 2. The van der Waals surface area contributed by atoms with Crippen molar-refractivity contribution in [3.8, 4) is 0 Å². The molecule has 1 aromatic heterocycles. The van der Waals surface area contributed by atoms with Gasteiger partial charge in [0, 0.05) is 6.20 Å². The van der Waals surface area contributed by atoms with Crippen LogP contribution < -0.4 is 0 Å². The molecule has 0 bridgehead atoms. The third-order valence-electron chi connectivity index (χ3n) is 0.592. The van der Waals surface area contributed by atoms with Gasteiger partial charge in [-0.3, -0.25) is 0 Å². The molecule has 0 unspecified atom stereocenters. The molecule has 0 radical (unpaired) electrons. The lowest BCUT2D eigenvalue weighted by atomic mass is 10.7. The fraction of sp³-hybridized carbons (Fsp3) is 0. The van der Waals surface area contributed by atoms with Gasteiger partial charge < -0.3 is 0 Å². The molecule has 0 saturated carbocycles. The first-order valence-corrected chi connectivity index (χ1v) is 2.31. The van der Waals surface area contributed by atoms with Gasteiger partial charge in [-0.25, -0.2) is 4.98 Å². The van der Waals surface area contributed by atoms with Crippen molar-refractivity contribution in [2.75, 3.05) is 0 Å². The van der Waals surface area contributed by atoms with E-state index in [1.807, 2.05) is 0 Å². The van der Waals surface area contributed by atoms with Crippen molar-refractivity contribution in [3.05, 3.63) is 23.5 Å². The first kappa shape index (κ1) is 5.44. The molecule has 0 aliphatic rings. The van der Waals surface area contributed by atoms with Crippen LogP contribution in [0.2, 0.25) is 5.15 Å². The maximum absolute atomic E-state index is 11.9. The highest BCUT2D eigenvalue weighted by molar-refractivity contribution is 6.29. The molecular weight excluding hydrogens is 131 g/mol. The zero-order chi connectivity index (χ0) is 5.98. The third-order valence-corrected chi connectivity index (χ3v) is 0.803. The molecule has 0 amide bonds. The van der Waals surface area contributed by atoms with Gasteiger partial charge >= 0.3 is 6.08 Å². The first-order valence-electron chi connectivity index (χ1n) is 1.93. The summed E-state index contributed by atoms with van der Waals surface area (Å²) >= 11 is 5.25. The van der Waals surface area contributed by atoms with Gasteiger partial charge in [-0.1, -0.05) is 11.6 Å². The Morgan fingerprint density at radius 1 is 1.62 bits per heavy atom. The highest BCUT2D eigenvalue weighted by Crippen LogP contribution is 1.99. The number of rotatable bonds is 0. The van der Waals surface area contributed by atoms with Gasteiger partial charge in [0.1, 0.15) is 5.15 Å². The fourth-order valence-electron chi connectivity index (χ4n) is 0.315. The van der Waals surface area contributed by atoms with Gasteiger partial charge in [0.15, 0.2) is 0 Å². The number of halogens is 2. The Kier molecular flexibility index (Phi) is 1.39. The minimum Gasteiger partial charge on any atom is -0.211 e. The van der Waals surface area contributed by atoms with Crippen LogP contribution >= 0.6 is 11.6 Å². The predicted octanol–water partition coefficient (Wildman–Crippen LogP) is 1.27. The lowest BCUT2D eigenvalue weighted by Crippen LogP contribution is -1.84. The van der Waals surface area contributed by atoms with E-state index in [0.29, 0.717) is 0 Å². The van der Waals surface area contributed by atoms with Crippen LogP contribution in [0.1, 0.15) is 0 Å². The molecule has 0 atom stereocenters. The van der Waals surface area contributed by atoms with Crippen LogP contribution in [0, 0.1) is 6.08 Å². The summed E-state index contributed by atoms with van der Waals surface area (Å²) in [5.74, 6) is 0. The number of nitrogens with zero attached hydrogens (tertiary/aromatic N) is 2. The predicted molar refractivity (Wildman–Crippen MR) is 27.0 cm³/mol. The highest BCUT2D eigenvalue weighted by Gasteiger charge is 1.89. The second kappa shape index (κ2) is 2.05. The SMILES string of the molecule is Fc1nccc(Cl)n1. The molecule has 1 heterocycles. The third kappa shape index (κ3) is 1.13. The maximum Gasteiger partial charge on any atom is 0.309 e. The summed E-state index contributed by atoms with van der Waals surface area (Å²) in [6, 6.07) is 1.41. The second-order valence-corrected chi connectivity index (χ2v) is 1.54. The molecule has 1 aromatic rings. The molecular formula is C4H2ClFN2. The van der Waals surface area contributed by atoms with Crippen molar-refractivity contribution in [3.63, 3.8) is 0 Å². The van der Waals surface area contributed by atoms with E-state index in [0.717, 1.165) is 0 Å². The molecule has 42 valence electrons. The molecule has 4 heteroatoms. The summed E-state index contributed by atoms with van der Waals surface area (Å²) in [4.78, 5) is 6.34.